The van der Waals surface area contributed by atoms with Gasteiger partial charge in [0.2, 0.25) is 5.91 Å². The van der Waals surface area contributed by atoms with Crippen LogP contribution in [0.4, 0.5) is 0 Å². The molecule has 0 aliphatic heterocycles. The number of carbonyl (C=O) groups excluding carboxylic acids is 1. The van der Waals surface area contributed by atoms with Gasteiger partial charge in [-0.3, -0.25) is 4.79 Å². The molecule has 19 heavy (non-hydrogen) atoms. The molecule has 102 valence electrons. The quantitative estimate of drug-likeness (QED) is 0.757. The molecule has 0 bridgehead atoms. The predicted molar refractivity (Wildman–Crippen MR) is 77.9 cm³/mol. The van der Waals surface area contributed by atoms with Crippen LogP contribution in [0.1, 0.15) is 24.0 Å². The van der Waals surface area contributed by atoms with E-state index < -0.39 is 0 Å². The van der Waals surface area contributed by atoms with E-state index in [1.807, 2.05) is 24.3 Å². The number of nitrogens with two attached hydrogens (primary N) is 1. The molecule has 1 fully saturated rings. The summed E-state index contributed by atoms with van der Waals surface area (Å²) in [5, 5.41) is 9.00. The number of thiocarbonyl (C=S) groups is 1. The lowest BCUT2D eigenvalue weighted by molar-refractivity contribution is -0.131. The van der Waals surface area contributed by atoms with E-state index in [1.165, 1.54) is 0 Å². The zero-order valence-electron chi connectivity index (χ0n) is 10.7. The van der Waals surface area contributed by atoms with Crippen LogP contribution in [0.15, 0.2) is 24.3 Å². The SMILES string of the molecule is NC(=S)c1ccc(CC(=O)N(CCO)C2CC2)cc1. The average Bonchev–Trinajstić information content (AvgIpc) is 3.20. The van der Waals surface area contributed by atoms with Gasteiger partial charge in [-0.05, 0) is 18.4 Å². The molecule has 0 atom stereocenters. The first kappa shape index (κ1) is 14.0. The van der Waals surface area contributed by atoms with Gasteiger partial charge in [0, 0.05) is 18.2 Å². The summed E-state index contributed by atoms with van der Waals surface area (Å²) in [7, 11) is 0. The Balaban J connectivity index is 1.99. The standard InChI is InChI=1S/C14H18N2O2S/c15-14(19)11-3-1-10(2-4-11)9-13(18)16(7-8-17)12-5-6-12/h1-4,12,17H,5-9H2,(H2,15,19). The molecule has 0 spiro atoms. The average molecular weight is 278 g/mol. The van der Waals surface area contributed by atoms with Crippen molar-refractivity contribution in [2.75, 3.05) is 13.2 Å². The molecule has 3 N–H and O–H groups in total. The smallest absolute Gasteiger partial charge is 0.227 e. The number of rotatable bonds is 6. The van der Waals surface area contributed by atoms with Crippen molar-refractivity contribution in [2.45, 2.75) is 25.3 Å². The van der Waals surface area contributed by atoms with Crippen LogP contribution in [0.2, 0.25) is 0 Å². The summed E-state index contributed by atoms with van der Waals surface area (Å²) in [6.07, 6.45) is 2.45. The fourth-order valence-electron chi connectivity index (χ4n) is 2.07. The van der Waals surface area contributed by atoms with E-state index >= 15 is 0 Å². The number of aliphatic hydroxyl groups is 1. The molecule has 4 nitrogen and oxygen atoms in total. The molecule has 1 saturated carbocycles. The van der Waals surface area contributed by atoms with Crippen LogP contribution in [-0.2, 0) is 11.2 Å². The topological polar surface area (TPSA) is 66.6 Å². The maximum Gasteiger partial charge on any atom is 0.227 e. The van der Waals surface area contributed by atoms with Crippen molar-refractivity contribution in [2.24, 2.45) is 5.73 Å². The van der Waals surface area contributed by atoms with Gasteiger partial charge >= 0.3 is 0 Å². The number of nitrogens with zero attached hydrogens (tertiary/aromatic N) is 1. The van der Waals surface area contributed by atoms with Crippen molar-refractivity contribution in [3.8, 4) is 0 Å². The Hall–Kier alpha value is -1.46. The third-order valence-corrected chi connectivity index (χ3v) is 3.48. The predicted octanol–water partition coefficient (Wildman–Crippen LogP) is 0.847. The number of aliphatic hydroxyl groups excluding tert-OH is 1. The Morgan fingerprint density at radius 2 is 2.00 bits per heavy atom. The second kappa shape index (κ2) is 6.12. The van der Waals surface area contributed by atoms with E-state index in [-0.39, 0.29) is 12.5 Å². The van der Waals surface area contributed by atoms with Crippen molar-refractivity contribution in [3.05, 3.63) is 35.4 Å². The molecular weight excluding hydrogens is 260 g/mol. The molecule has 1 aromatic rings. The lowest BCUT2D eigenvalue weighted by Gasteiger charge is -2.21. The maximum atomic E-state index is 12.2. The number of benzene rings is 1. The fourth-order valence-corrected chi connectivity index (χ4v) is 2.20. The molecule has 1 aromatic carbocycles. The summed E-state index contributed by atoms with van der Waals surface area (Å²) in [6.45, 7) is 0.442. The fraction of sp³-hybridized carbons (Fsp3) is 0.429. The van der Waals surface area contributed by atoms with Gasteiger partial charge in [-0.15, -0.1) is 0 Å². The van der Waals surface area contributed by atoms with Crippen LogP contribution in [0.3, 0.4) is 0 Å². The normalized spacial score (nSPS) is 14.2. The van der Waals surface area contributed by atoms with Crippen molar-refractivity contribution in [1.82, 2.24) is 4.90 Å². The first-order valence-corrected chi connectivity index (χ1v) is 6.81. The Morgan fingerprint density at radius 1 is 1.37 bits per heavy atom. The van der Waals surface area contributed by atoms with E-state index in [9.17, 15) is 4.79 Å². The maximum absolute atomic E-state index is 12.2. The highest BCUT2D eigenvalue weighted by atomic mass is 32.1. The number of hydrogen-bond donors (Lipinski definition) is 2. The Kier molecular flexibility index (Phi) is 4.50. The van der Waals surface area contributed by atoms with E-state index in [0.29, 0.717) is 24.0 Å². The van der Waals surface area contributed by atoms with E-state index in [2.05, 4.69) is 0 Å². The summed E-state index contributed by atoms with van der Waals surface area (Å²) >= 11 is 4.89. The lowest BCUT2D eigenvalue weighted by Crippen LogP contribution is -2.36. The van der Waals surface area contributed by atoms with Gasteiger partial charge in [0.1, 0.15) is 4.99 Å². The van der Waals surface area contributed by atoms with Crippen molar-refractivity contribution in [1.29, 1.82) is 0 Å². The molecule has 0 aromatic heterocycles. The highest BCUT2D eigenvalue weighted by molar-refractivity contribution is 7.80. The molecule has 1 aliphatic rings. The van der Waals surface area contributed by atoms with Gasteiger partial charge in [-0.25, -0.2) is 0 Å². The highest BCUT2D eigenvalue weighted by Gasteiger charge is 2.31. The van der Waals surface area contributed by atoms with Crippen LogP contribution < -0.4 is 5.73 Å². The van der Waals surface area contributed by atoms with E-state index in [0.717, 1.165) is 24.0 Å². The molecule has 1 amide bonds. The van der Waals surface area contributed by atoms with Gasteiger partial charge in [-0.2, -0.15) is 0 Å². The summed E-state index contributed by atoms with van der Waals surface area (Å²) in [5.74, 6) is 0.0691. The summed E-state index contributed by atoms with van der Waals surface area (Å²) < 4.78 is 0. The Bertz CT molecular complexity index is 469. The van der Waals surface area contributed by atoms with Crippen LogP contribution in [0.5, 0.6) is 0 Å². The first-order chi connectivity index (χ1) is 9.11. The second-order valence-corrected chi connectivity index (χ2v) is 5.22. The molecule has 0 heterocycles. The third-order valence-electron chi connectivity index (χ3n) is 3.24. The van der Waals surface area contributed by atoms with Crippen molar-refractivity contribution < 1.29 is 9.90 Å². The minimum Gasteiger partial charge on any atom is -0.395 e. The Morgan fingerprint density at radius 3 is 2.47 bits per heavy atom. The van der Waals surface area contributed by atoms with Crippen LogP contribution in [0.25, 0.3) is 0 Å². The zero-order valence-corrected chi connectivity index (χ0v) is 11.5. The number of hydrogen-bond acceptors (Lipinski definition) is 3. The van der Waals surface area contributed by atoms with Gasteiger partial charge in [-0.1, -0.05) is 36.5 Å². The molecule has 1 aliphatic carbocycles. The largest absolute Gasteiger partial charge is 0.395 e. The Labute approximate surface area is 118 Å². The van der Waals surface area contributed by atoms with Crippen molar-refractivity contribution >= 4 is 23.1 Å². The summed E-state index contributed by atoms with van der Waals surface area (Å²) in [5.41, 5.74) is 7.27. The summed E-state index contributed by atoms with van der Waals surface area (Å²) in [6, 6.07) is 7.74. The molecule has 0 radical (unpaired) electrons. The van der Waals surface area contributed by atoms with E-state index in [1.54, 1.807) is 4.90 Å². The molecular formula is C14H18N2O2S. The first-order valence-electron chi connectivity index (χ1n) is 6.41. The molecule has 0 unspecified atom stereocenters. The second-order valence-electron chi connectivity index (χ2n) is 4.78. The third kappa shape index (κ3) is 3.75. The van der Waals surface area contributed by atoms with Crippen molar-refractivity contribution in [3.63, 3.8) is 0 Å². The molecule has 2 rings (SSSR count). The highest BCUT2D eigenvalue weighted by Crippen LogP contribution is 2.27. The van der Waals surface area contributed by atoms with E-state index in [4.69, 9.17) is 23.1 Å². The van der Waals surface area contributed by atoms with Gasteiger partial charge < -0.3 is 15.7 Å². The van der Waals surface area contributed by atoms with Crippen LogP contribution >= 0.6 is 12.2 Å². The van der Waals surface area contributed by atoms with Gasteiger partial charge in [0.25, 0.3) is 0 Å². The number of amides is 1. The minimum atomic E-state index is 0.0165. The summed E-state index contributed by atoms with van der Waals surface area (Å²) in [4.78, 5) is 14.3. The minimum absolute atomic E-state index is 0.0165. The lowest BCUT2D eigenvalue weighted by atomic mass is 10.1. The molecule has 0 saturated heterocycles. The monoisotopic (exact) mass is 278 g/mol. The van der Waals surface area contributed by atoms with Gasteiger partial charge in [0.15, 0.2) is 0 Å². The number of carbonyl (C=O) groups is 1. The van der Waals surface area contributed by atoms with Crippen LogP contribution in [-0.4, -0.2) is 40.1 Å². The molecule has 5 heteroatoms. The van der Waals surface area contributed by atoms with Gasteiger partial charge in [0.05, 0.1) is 13.0 Å². The zero-order chi connectivity index (χ0) is 13.8. The van der Waals surface area contributed by atoms with Crippen LogP contribution in [0, 0.1) is 0 Å².